The lowest BCUT2D eigenvalue weighted by molar-refractivity contribution is -0.137. The SMILES string of the molecule is C=CC(=O)OC.CCCCCCCCCCCCCCCC(=O)O.[MgH2]. The van der Waals surface area contributed by atoms with Gasteiger partial charge in [0.25, 0.3) is 0 Å². The van der Waals surface area contributed by atoms with Gasteiger partial charge in [0.05, 0.1) is 7.11 Å². The Balaban J connectivity index is -0.000000592. The van der Waals surface area contributed by atoms with Crippen molar-refractivity contribution in [3.63, 3.8) is 0 Å². The van der Waals surface area contributed by atoms with E-state index in [1.165, 1.54) is 77.7 Å². The molecule has 0 spiro atoms. The van der Waals surface area contributed by atoms with E-state index in [2.05, 4.69) is 18.2 Å². The highest BCUT2D eigenvalue weighted by atomic mass is 24.3. The van der Waals surface area contributed by atoms with Crippen LogP contribution in [0.3, 0.4) is 0 Å². The van der Waals surface area contributed by atoms with E-state index in [1.807, 2.05) is 0 Å². The number of carbonyl (C=O) groups is 2. The zero-order valence-electron chi connectivity index (χ0n) is 15.9. The average Bonchev–Trinajstić information content (AvgIpc) is 2.58. The van der Waals surface area contributed by atoms with Crippen LogP contribution in [0.2, 0.25) is 0 Å². The predicted octanol–water partition coefficient (Wildman–Crippen LogP) is 4.98. The molecule has 146 valence electrons. The molecule has 0 aromatic heterocycles. The van der Waals surface area contributed by atoms with Crippen LogP contribution in [0.15, 0.2) is 12.7 Å². The third-order valence-corrected chi connectivity index (χ3v) is 3.86. The smallest absolute Gasteiger partial charge is 0.329 e. The molecule has 0 saturated heterocycles. The van der Waals surface area contributed by atoms with Crippen LogP contribution < -0.4 is 0 Å². The number of carbonyl (C=O) groups excluding carboxylic acids is 1. The Morgan fingerprint density at radius 3 is 1.44 bits per heavy atom. The van der Waals surface area contributed by atoms with Gasteiger partial charge in [-0.3, -0.25) is 4.79 Å². The van der Waals surface area contributed by atoms with Gasteiger partial charge in [-0.05, 0) is 6.42 Å². The third kappa shape index (κ3) is 31.7. The van der Waals surface area contributed by atoms with Crippen LogP contribution in [0.4, 0.5) is 0 Å². The van der Waals surface area contributed by atoms with E-state index in [0.717, 1.165) is 18.9 Å². The number of aliphatic carboxylic acids is 1. The minimum Gasteiger partial charge on any atom is -0.481 e. The average molecular weight is 369 g/mol. The molecule has 1 N–H and O–H groups in total. The van der Waals surface area contributed by atoms with Crippen molar-refractivity contribution < 1.29 is 19.4 Å². The van der Waals surface area contributed by atoms with Crippen LogP contribution in [-0.4, -0.2) is 47.2 Å². The Hall–Kier alpha value is -0.554. The number of carboxylic acids is 1. The lowest BCUT2D eigenvalue weighted by Crippen LogP contribution is -1.93. The van der Waals surface area contributed by atoms with Crippen molar-refractivity contribution in [2.24, 2.45) is 0 Å². The second-order valence-electron chi connectivity index (χ2n) is 6.11. The molecule has 0 atom stereocenters. The Morgan fingerprint density at radius 2 is 1.20 bits per heavy atom. The van der Waals surface area contributed by atoms with Crippen molar-refractivity contribution in [2.75, 3.05) is 7.11 Å². The standard InChI is InChI=1S/C16H32O2.C4H6O2.Mg.2H/c1-2-3-4-5-6-7-8-9-10-11-12-13-14-15-16(17)18;1-3-4(5)6-2;;;/h2-15H2,1H3,(H,17,18);3H,1H2,2H3;;;. The van der Waals surface area contributed by atoms with Crippen molar-refractivity contribution in [3.05, 3.63) is 12.7 Å². The quantitative estimate of drug-likeness (QED) is 0.191. The van der Waals surface area contributed by atoms with Crippen LogP contribution in [0.25, 0.3) is 0 Å². The van der Waals surface area contributed by atoms with Crippen molar-refractivity contribution in [2.45, 2.75) is 96.8 Å². The molecule has 5 heteroatoms. The molecule has 0 radical (unpaired) electrons. The van der Waals surface area contributed by atoms with E-state index in [1.54, 1.807) is 0 Å². The van der Waals surface area contributed by atoms with E-state index in [-0.39, 0.29) is 23.1 Å². The Kier molecular flexibility index (Phi) is 30.0. The number of rotatable bonds is 15. The van der Waals surface area contributed by atoms with Gasteiger partial charge in [-0.15, -0.1) is 0 Å². The topological polar surface area (TPSA) is 63.6 Å². The Morgan fingerprint density at radius 1 is 0.840 bits per heavy atom. The van der Waals surface area contributed by atoms with Crippen molar-refractivity contribution in [1.82, 2.24) is 0 Å². The summed E-state index contributed by atoms with van der Waals surface area (Å²) in [5, 5.41) is 8.49. The van der Waals surface area contributed by atoms with Crippen molar-refractivity contribution in [3.8, 4) is 0 Å². The summed E-state index contributed by atoms with van der Waals surface area (Å²) in [7, 11) is 1.31. The summed E-state index contributed by atoms with van der Waals surface area (Å²) in [4.78, 5) is 20.1. The van der Waals surface area contributed by atoms with E-state index < -0.39 is 11.9 Å². The molecule has 4 nitrogen and oxygen atoms in total. The highest BCUT2D eigenvalue weighted by Crippen LogP contribution is 2.12. The van der Waals surface area contributed by atoms with Gasteiger partial charge in [0.15, 0.2) is 0 Å². The molecule has 0 saturated carbocycles. The number of unbranched alkanes of at least 4 members (excludes halogenated alkanes) is 12. The van der Waals surface area contributed by atoms with Gasteiger partial charge in [-0.1, -0.05) is 90.6 Å². The van der Waals surface area contributed by atoms with E-state index in [9.17, 15) is 9.59 Å². The highest BCUT2D eigenvalue weighted by molar-refractivity contribution is 5.80. The van der Waals surface area contributed by atoms with Crippen LogP contribution in [0.1, 0.15) is 96.8 Å². The molecule has 0 bridgehead atoms. The third-order valence-electron chi connectivity index (χ3n) is 3.86. The minimum atomic E-state index is -0.655. The largest absolute Gasteiger partial charge is 0.481 e. The zero-order chi connectivity index (χ0) is 18.5. The molecule has 0 aliphatic carbocycles. The van der Waals surface area contributed by atoms with Crippen LogP contribution in [0, 0.1) is 0 Å². The molecule has 0 heterocycles. The molecule has 0 aromatic carbocycles. The van der Waals surface area contributed by atoms with Gasteiger partial charge in [0.2, 0.25) is 0 Å². The molecule has 0 aliphatic heterocycles. The normalized spacial score (nSPS) is 9.36. The van der Waals surface area contributed by atoms with E-state index >= 15 is 0 Å². The number of hydrogen-bond acceptors (Lipinski definition) is 3. The van der Waals surface area contributed by atoms with E-state index in [4.69, 9.17) is 5.11 Å². The zero-order valence-corrected chi connectivity index (χ0v) is 15.9. The molecule has 0 rings (SSSR count). The van der Waals surface area contributed by atoms with Gasteiger partial charge < -0.3 is 9.84 Å². The first kappa shape index (κ1) is 29.2. The molecule has 0 amide bonds. The Bertz CT molecular complexity index is 306. The number of methoxy groups -OCH3 is 1. The summed E-state index contributed by atoms with van der Waals surface area (Å²) in [6.45, 7) is 5.42. The molecule has 0 aliphatic rings. The van der Waals surface area contributed by atoms with Crippen LogP contribution in [0.5, 0.6) is 0 Å². The fourth-order valence-electron chi connectivity index (χ4n) is 2.38. The second-order valence-corrected chi connectivity index (χ2v) is 6.11. The molecule has 0 aromatic rings. The number of hydrogen-bond donors (Lipinski definition) is 1. The second kappa shape index (κ2) is 25.7. The predicted molar refractivity (Wildman–Crippen MR) is 109 cm³/mol. The summed E-state index contributed by atoms with van der Waals surface area (Å²) in [6, 6.07) is 0. The van der Waals surface area contributed by atoms with Gasteiger partial charge in [-0.25, -0.2) is 4.79 Å². The van der Waals surface area contributed by atoms with Crippen LogP contribution in [-0.2, 0) is 14.3 Å². The highest BCUT2D eigenvalue weighted by Gasteiger charge is 1.96. The summed E-state index contributed by atoms with van der Waals surface area (Å²) >= 11 is 0. The fraction of sp³-hybridized carbons (Fsp3) is 0.800. The lowest BCUT2D eigenvalue weighted by atomic mass is 10.0. The maximum atomic E-state index is 10.3. The first-order valence-electron chi connectivity index (χ1n) is 9.50. The van der Waals surface area contributed by atoms with Crippen molar-refractivity contribution >= 4 is 35.0 Å². The summed E-state index contributed by atoms with van der Waals surface area (Å²) in [6.07, 6.45) is 18.4. The van der Waals surface area contributed by atoms with Crippen molar-refractivity contribution in [1.29, 1.82) is 0 Å². The fourth-order valence-corrected chi connectivity index (χ4v) is 2.38. The summed E-state index contributed by atoms with van der Waals surface area (Å²) in [5.41, 5.74) is 0. The lowest BCUT2D eigenvalue weighted by Gasteiger charge is -2.02. The van der Waals surface area contributed by atoms with Gasteiger partial charge in [0.1, 0.15) is 0 Å². The maximum absolute atomic E-state index is 10.3. The number of carboxylic acid groups (broad SMARTS) is 1. The first-order valence-corrected chi connectivity index (χ1v) is 9.50. The first-order chi connectivity index (χ1) is 11.6. The molecule has 0 fully saturated rings. The monoisotopic (exact) mass is 368 g/mol. The molecule has 0 unspecified atom stereocenters. The van der Waals surface area contributed by atoms with Crippen LogP contribution >= 0.6 is 0 Å². The molecular weight excluding hydrogens is 329 g/mol. The minimum absolute atomic E-state index is 0. The molecule has 25 heavy (non-hydrogen) atoms. The van der Waals surface area contributed by atoms with E-state index in [0.29, 0.717) is 6.42 Å². The summed E-state index contributed by atoms with van der Waals surface area (Å²) in [5.74, 6) is -1.05. The molecular formula is C20H40MgO4. The van der Waals surface area contributed by atoms with Gasteiger partial charge in [0, 0.05) is 12.5 Å². The summed E-state index contributed by atoms with van der Waals surface area (Å²) < 4.78 is 4.14. The maximum Gasteiger partial charge on any atom is 0.329 e. The Labute approximate surface area is 170 Å². The number of ether oxygens (including phenoxy) is 1. The van der Waals surface area contributed by atoms with Gasteiger partial charge >= 0.3 is 35.0 Å². The number of esters is 1. The van der Waals surface area contributed by atoms with Gasteiger partial charge in [-0.2, -0.15) is 0 Å².